The molecule has 4 rings (SSSR count). The zero-order valence-electron chi connectivity index (χ0n) is 15.1. The first-order valence-corrected chi connectivity index (χ1v) is 10.9. The first-order chi connectivity index (χ1) is 13.3. The normalized spacial score (nSPS) is 25.0. The number of halogens is 1. The second-order valence-electron chi connectivity index (χ2n) is 7.21. The van der Waals surface area contributed by atoms with Crippen molar-refractivity contribution >= 4 is 27.5 Å². The second kappa shape index (κ2) is 7.38. The number of ether oxygens (including phenoxy) is 1. The first kappa shape index (κ1) is 19.2. The molecule has 2 aliphatic heterocycles. The van der Waals surface area contributed by atoms with E-state index in [9.17, 15) is 13.2 Å². The lowest BCUT2D eigenvalue weighted by Gasteiger charge is -2.37. The van der Waals surface area contributed by atoms with Crippen LogP contribution in [0.2, 0.25) is 5.02 Å². The van der Waals surface area contributed by atoms with Crippen molar-refractivity contribution in [1.29, 1.82) is 0 Å². The van der Waals surface area contributed by atoms with Gasteiger partial charge in [0.1, 0.15) is 5.75 Å². The molecule has 1 amide bonds. The molecule has 10 heteroatoms. The van der Waals surface area contributed by atoms with Crippen molar-refractivity contribution in [3.63, 3.8) is 0 Å². The molecule has 150 valence electrons. The summed E-state index contributed by atoms with van der Waals surface area (Å²) in [6, 6.07) is 6.13. The first-order valence-electron chi connectivity index (χ1n) is 9.09. The Balaban J connectivity index is 1.51. The summed E-state index contributed by atoms with van der Waals surface area (Å²) in [4.78, 5) is 11.0. The summed E-state index contributed by atoms with van der Waals surface area (Å²) in [6.07, 6.45) is 6.51. The number of carbonyl (C=O) groups excluding carboxylic acids is 1. The van der Waals surface area contributed by atoms with Gasteiger partial charge in [0.15, 0.2) is 6.61 Å². The number of nitrogens with two attached hydrogens (primary N) is 1. The molecule has 0 radical (unpaired) electrons. The van der Waals surface area contributed by atoms with Crippen LogP contribution in [-0.4, -0.2) is 47.1 Å². The highest BCUT2D eigenvalue weighted by Gasteiger charge is 2.47. The number of piperidine rings is 1. The third kappa shape index (κ3) is 3.61. The monoisotopic (exact) mass is 424 g/mol. The number of fused-ring (bicyclic) bond motifs is 2. The van der Waals surface area contributed by atoms with E-state index in [0.717, 1.165) is 12.8 Å². The van der Waals surface area contributed by atoms with Gasteiger partial charge in [-0.05, 0) is 49.9 Å². The summed E-state index contributed by atoms with van der Waals surface area (Å²) in [7, 11) is -3.62. The Morgan fingerprint density at radius 3 is 2.36 bits per heavy atom. The van der Waals surface area contributed by atoms with Crippen molar-refractivity contribution in [1.82, 2.24) is 14.1 Å². The number of nitrogens with zero attached hydrogens (tertiary/aromatic N) is 3. The maximum atomic E-state index is 13.2. The van der Waals surface area contributed by atoms with E-state index >= 15 is 0 Å². The molecule has 0 aliphatic carbocycles. The summed E-state index contributed by atoms with van der Waals surface area (Å²) in [6.45, 7) is -0.249. The Hall–Kier alpha value is -2.10. The Morgan fingerprint density at radius 2 is 1.82 bits per heavy atom. The maximum Gasteiger partial charge on any atom is 0.255 e. The van der Waals surface area contributed by atoms with Gasteiger partial charge in [-0.1, -0.05) is 11.6 Å². The zero-order chi connectivity index (χ0) is 19.9. The highest BCUT2D eigenvalue weighted by Crippen LogP contribution is 2.43. The van der Waals surface area contributed by atoms with E-state index < -0.39 is 15.9 Å². The second-order valence-corrected chi connectivity index (χ2v) is 9.49. The number of aromatic nitrogens is 2. The minimum Gasteiger partial charge on any atom is -0.484 e. The minimum atomic E-state index is -3.62. The molecule has 2 saturated heterocycles. The molecule has 2 N–H and O–H groups in total. The predicted octanol–water partition coefficient (Wildman–Crippen LogP) is 1.96. The maximum absolute atomic E-state index is 13.2. The fourth-order valence-electron chi connectivity index (χ4n) is 4.21. The number of primary amides is 1. The average Bonchev–Trinajstić information content (AvgIpc) is 3.21. The lowest BCUT2D eigenvalue weighted by Crippen LogP contribution is -2.46. The van der Waals surface area contributed by atoms with Gasteiger partial charge in [0.05, 0.1) is 22.2 Å². The molecule has 28 heavy (non-hydrogen) atoms. The zero-order valence-corrected chi connectivity index (χ0v) is 16.6. The Kier molecular flexibility index (Phi) is 5.07. The van der Waals surface area contributed by atoms with Gasteiger partial charge >= 0.3 is 0 Å². The van der Waals surface area contributed by atoms with Crippen LogP contribution >= 0.6 is 11.6 Å². The van der Waals surface area contributed by atoms with Crippen molar-refractivity contribution in [3.05, 3.63) is 41.7 Å². The molecule has 2 atom stereocenters. The molecule has 3 heterocycles. The summed E-state index contributed by atoms with van der Waals surface area (Å²) in [5.41, 5.74) is 5.05. The van der Waals surface area contributed by atoms with Gasteiger partial charge in [-0.2, -0.15) is 9.40 Å². The predicted molar refractivity (Wildman–Crippen MR) is 102 cm³/mol. The number of carbonyl (C=O) groups is 1. The van der Waals surface area contributed by atoms with Crippen molar-refractivity contribution in [2.24, 2.45) is 5.73 Å². The van der Waals surface area contributed by atoms with E-state index in [1.807, 2.05) is 4.68 Å². The minimum absolute atomic E-state index is 0.0532. The molecule has 2 aromatic rings. The molecule has 1 aromatic heterocycles. The Bertz CT molecular complexity index is 962. The molecule has 2 unspecified atom stereocenters. The molecule has 1 aromatic carbocycles. The summed E-state index contributed by atoms with van der Waals surface area (Å²) in [5.74, 6) is -0.190. The van der Waals surface area contributed by atoms with Crippen LogP contribution in [-0.2, 0) is 14.8 Å². The van der Waals surface area contributed by atoms with Crippen LogP contribution in [0.1, 0.15) is 31.7 Å². The quantitative estimate of drug-likeness (QED) is 0.762. The average molecular weight is 425 g/mol. The smallest absolute Gasteiger partial charge is 0.255 e. The van der Waals surface area contributed by atoms with Crippen LogP contribution in [0.4, 0.5) is 0 Å². The molecular formula is C18H21ClN4O4S. The van der Waals surface area contributed by atoms with E-state index in [1.54, 1.807) is 16.7 Å². The lowest BCUT2D eigenvalue weighted by atomic mass is 10.00. The summed E-state index contributed by atoms with van der Waals surface area (Å²) in [5, 5.41) is 4.88. The van der Waals surface area contributed by atoms with E-state index in [1.165, 1.54) is 24.3 Å². The number of hydrogen-bond donors (Lipinski definition) is 1. The molecule has 2 bridgehead atoms. The van der Waals surface area contributed by atoms with Gasteiger partial charge < -0.3 is 10.5 Å². The number of rotatable bonds is 6. The topological polar surface area (TPSA) is 108 Å². The number of sulfonamides is 1. The molecule has 0 spiro atoms. The van der Waals surface area contributed by atoms with E-state index in [4.69, 9.17) is 22.1 Å². The largest absolute Gasteiger partial charge is 0.484 e. The van der Waals surface area contributed by atoms with Crippen LogP contribution in [0.25, 0.3) is 0 Å². The molecular weight excluding hydrogens is 404 g/mol. The van der Waals surface area contributed by atoms with Crippen molar-refractivity contribution in [3.8, 4) is 5.75 Å². The fraction of sp³-hybridized carbons (Fsp3) is 0.444. The molecule has 2 aliphatic rings. The van der Waals surface area contributed by atoms with Gasteiger partial charge in [-0.15, -0.1) is 0 Å². The van der Waals surface area contributed by atoms with Crippen LogP contribution < -0.4 is 10.5 Å². The summed E-state index contributed by atoms with van der Waals surface area (Å²) < 4.78 is 35.2. The fourth-order valence-corrected chi connectivity index (χ4v) is 6.25. The molecule has 2 fully saturated rings. The van der Waals surface area contributed by atoms with Crippen LogP contribution in [0.3, 0.4) is 0 Å². The van der Waals surface area contributed by atoms with Gasteiger partial charge in [0.25, 0.3) is 5.91 Å². The van der Waals surface area contributed by atoms with E-state index in [0.29, 0.717) is 23.6 Å². The highest BCUT2D eigenvalue weighted by molar-refractivity contribution is 7.89. The van der Waals surface area contributed by atoms with Crippen molar-refractivity contribution < 1.29 is 17.9 Å². The standard InChI is InChI=1S/C18H21ClN4O4S/c19-12-9-21-22(10-12)15-7-13-1-2-14(8-15)23(13)28(25,26)17-5-3-16(4-6-17)27-11-18(20)24/h3-6,9-10,13-15H,1-2,7-8,11H2,(H2,20,24). The number of benzene rings is 1. The molecule has 8 nitrogen and oxygen atoms in total. The third-order valence-corrected chi connectivity index (χ3v) is 7.58. The van der Waals surface area contributed by atoms with Crippen molar-refractivity contribution in [2.75, 3.05) is 6.61 Å². The van der Waals surface area contributed by atoms with Crippen LogP contribution in [0, 0.1) is 0 Å². The van der Waals surface area contributed by atoms with E-state index in [2.05, 4.69) is 5.10 Å². The van der Waals surface area contributed by atoms with Gasteiger partial charge in [0.2, 0.25) is 10.0 Å². The van der Waals surface area contributed by atoms with E-state index in [-0.39, 0.29) is 29.6 Å². The summed E-state index contributed by atoms with van der Waals surface area (Å²) >= 11 is 5.98. The number of hydrogen-bond acceptors (Lipinski definition) is 5. The van der Waals surface area contributed by atoms with Crippen molar-refractivity contribution in [2.45, 2.75) is 48.7 Å². The van der Waals surface area contributed by atoms with Crippen LogP contribution in [0.15, 0.2) is 41.6 Å². The molecule has 0 saturated carbocycles. The third-order valence-electron chi connectivity index (χ3n) is 5.37. The van der Waals surface area contributed by atoms with Gasteiger partial charge in [-0.25, -0.2) is 8.42 Å². The highest BCUT2D eigenvalue weighted by atomic mass is 35.5. The SMILES string of the molecule is NC(=O)COc1ccc(S(=O)(=O)N2C3CCC2CC(n2cc(Cl)cn2)C3)cc1. The van der Waals surface area contributed by atoms with Gasteiger partial charge in [-0.3, -0.25) is 9.48 Å². The number of amides is 1. The van der Waals surface area contributed by atoms with Crippen LogP contribution in [0.5, 0.6) is 5.75 Å². The lowest BCUT2D eigenvalue weighted by molar-refractivity contribution is -0.119. The Labute approximate surface area is 168 Å². The van der Waals surface area contributed by atoms with Gasteiger partial charge in [0, 0.05) is 18.3 Å². The Morgan fingerprint density at radius 1 is 1.18 bits per heavy atom.